The molecule has 0 fully saturated rings. The van der Waals surface area contributed by atoms with Crippen molar-refractivity contribution in [2.75, 3.05) is 27.4 Å². The van der Waals surface area contributed by atoms with E-state index in [2.05, 4.69) is 0 Å². The molecule has 0 N–H and O–H groups in total. The number of hydrogen-bond donors (Lipinski definition) is 0. The second-order valence-corrected chi connectivity index (χ2v) is 6.47. The summed E-state index contributed by atoms with van der Waals surface area (Å²) >= 11 is 0. The molecule has 0 spiro atoms. The third-order valence-corrected chi connectivity index (χ3v) is 5.03. The normalized spacial score (nSPS) is 11.8. The summed E-state index contributed by atoms with van der Waals surface area (Å²) in [5.74, 6) is 0.874. The van der Waals surface area contributed by atoms with Crippen LogP contribution in [0.25, 0.3) is 0 Å². The lowest BCUT2D eigenvalue weighted by Gasteiger charge is -2.22. The standard InChI is InChI=1S/C15H19NO5S/c1-19-11-9-16(12-13-6-5-10-21-13)22(17,18)15-8-4-3-7-14(15)20-2/h3-8,10H,9,11-12H2,1-2H3. The van der Waals surface area contributed by atoms with Crippen LogP contribution < -0.4 is 4.74 Å². The average molecular weight is 325 g/mol. The predicted molar refractivity (Wildman–Crippen MR) is 81.2 cm³/mol. The van der Waals surface area contributed by atoms with Crippen molar-refractivity contribution in [3.8, 4) is 5.75 Å². The van der Waals surface area contributed by atoms with Gasteiger partial charge in [0.25, 0.3) is 0 Å². The topological polar surface area (TPSA) is 69.0 Å². The number of sulfonamides is 1. The van der Waals surface area contributed by atoms with Gasteiger partial charge in [-0.3, -0.25) is 0 Å². The first-order valence-electron chi connectivity index (χ1n) is 6.74. The van der Waals surface area contributed by atoms with E-state index in [9.17, 15) is 8.42 Å². The Balaban J connectivity index is 2.35. The minimum atomic E-state index is -3.72. The summed E-state index contributed by atoms with van der Waals surface area (Å²) in [5.41, 5.74) is 0. The molecule has 22 heavy (non-hydrogen) atoms. The lowest BCUT2D eigenvalue weighted by atomic mass is 10.3. The highest BCUT2D eigenvalue weighted by Crippen LogP contribution is 2.27. The van der Waals surface area contributed by atoms with Gasteiger partial charge in [0.15, 0.2) is 0 Å². The van der Waals surface area contributed by atoms with Crippen LogP contribution in [-0.2, 0) is 21.3 Å². The van der Waals surface area contributed by atoms with Crippen LogP contribution in [0.1, 0.15) is 5.76 Å². The van der Waals surface area contributed by atoms with E-state index in [1.165, 1.54) is 30.9 Å². The molecule has 120 valence electrons. The molecule has 0 aliphatic heterocycles. The van der Waals surface area contributed by atoms with Gasteiger partial charge in [0.1, 0.15) is 16.4 Å². The second kappa shape index (κ2) is 7.44. The van der Waals surface area contributed by atoms with Crippen molar-refractivity contribution in [2.45, 2.75) is 11.4 Å². The van der Waals surface area contributed by atoms with E-state index < -0.39 is 10.0 Å². The molecular formula is C15H19NO5S. The molecule has 0 unspecified atom stereocenters. The molecule has 0 aliphatic carbocycles. The number of furan rings is 1. The van der Waals surface area contributed by atoms with Gasteiger partial charge in [-0.05, 0) is 24.3 Å². The molecule has 7 heteroatoms. The van der Waals surface area contributed by atoms with Crippen LogP contribution in [-0.4, -0.2) is 40.1 Å². The maximum Gasteiger partial charge on any atom is 0.247 e. The maximum absolute atomic E-state index is 12.9. The third-order valence-electron chi connectivity index (χ3n) is 3.14. The van der Waals surface area contributed by atoms with E-state index in [1.54, 1.807) is 30.3 Å². The van der Waals surface area contributed by atoms with E-state index in [1.807, 2.05) is 0 Å². The molecule has 0 atom stereocenters. The van der Waals surface area contributed by atoms with E-state index in [0.717, 1.165) is 0 Å². The molecule has 0 saturated heterocycles. The number of methoxy groups -OCH3 is 2. The first-order valence-corrected chi connectivity index (χ1v) is 8.18. The van der Waals surface area contributed by atoms with Crippen molar-refractivity contribution in [1.82, 2.24) is 4.31 Å². The first-order chi connectivity index (χ1) is 10.6. The monoisotopic (exact) mass is 325 g/mol. The highest BCUT2D eigenvalue weighted by atomic mass is 32.2. The summed E-state index contributed by atoms with van der Waals surface area (Å²) < 4.78 is 42.5. The fraction of sp³-hybridized carbons (Fsp3) is 0.333. The Bertz CT molecular complexity index is 682. The number of para-hydroxylation sites is 1. The van der Waals surface area contributed by atoms with Crippen LogP contribution in [0.4, 0.5) is 0 Å². The fourth-order valence-corrected chi connectivity index (χ4v) is 3.57. The third kappa shape index (κ3) is 3.68. The molecule has 0 aliphatic rings. The molecule has 2 rings (SSSR count). The molecular weight excluding hydrogens is 306 g/mol. The van der Waals surface area contributed by atoms with Gasteiger partial charge >= 0.3 is 0 Å². The Labute approximate surface area is 130 Å². The Morgan fingerprint density at radius 1 is 1.14 bits per heavy atom. The van der Waals surface area contributed by atoms with Crippen molar-refractivity contribution < 1.29 is 22.3 Å². The van der Waals surface area contributed by atoms with Crippen molar-refractivity contribution in [3.05, 3.63) is 48.4 Å². The minimum absolute atomic E-state index is 0.125. The number of hydrogen-bond acceptors (Lipinski definition) is 5. The highest BCUT2D eigenvalue weighted by Gasteiger charge is 2.28. The van der Waals surface area contributed by atoms with Gasteiger partial charge in [-0.2, -0.15) is 4.31 Å². The predicted octanol–water partition coefficient (Wildman–Crippen LogP) is 2.13. The number of ether oxygens (including phenoxy) is 2. The van der Waals surface area contributed by atoms with Crippen molar-refractivity contribution in [1.29, 1.82) is 0 Å². The largest absolute Gasteiger partial charge is 0.495 e. The maximum atomic E-state index is 12.9. The van der Waals surface area contributed by atoms with Gasteiger partial charge in [0.2, 0.25) is 10.0 Å². The van der Waals surface area contributed by atoms with Crippen molar-refractivity contribution in [2.24, 2.45) is 0 Å². The summed E-state index contributed by atoms with van der Waals surface area (Å²) in [5, 5.41) is 0. The summed E-state index contributed by atoms with van der Waals surface area (Å²) in [6.07, 6.45) is 1.51. The van der Waals surface area contributed by atoms with E-state index in [4.69, 9.17) is 13.9 Å². The summed E-state index contributed by atoms with van der Waals surface area (Å²) in [7, 11) is -0.750. The smallest absolute Gasteiger partial charge is 0.247 e. The van der Waals surface area contributed by atoms with Gasteiger partial charge in [-0.1, -0.05) is 12.1 Å². The van der Waals surface area contributed by atoms with Gasteiger partial charge in [-0.15, -0.1) is 0 Å². The summed E-state index contributed by atoms with van der Waals surface area (Å²) in [6, 6.07) is 9.99. The lowest BCUT2D eigenvalue weighted by Crippen LogP contribution is -2.33. The zero-order chi connectivity index (χ0) is 16.0. The van der Waals surface area contributed by atoms with Crippen molar-refractivity contribution >= 4 is 10.0 Å². The molecule has 6 nitrogen and oxygen atoms in total. The van der Waals surface area contributed by atoms with Gasteiger partial charge in [-0.25, -0.2) is 8.42 Å². The average Bonchev–Trinajstić information content (AvgIpc) is 3.04. The molecule has 0 saturated carbocycles. The Morgan fingerprint density at radius 3 is 2.55 bits per heavy atom. The summed E-state index contributed by atoms with van der Waals surface area (Å²) in [4.78, 5) is 0.125. The Hall–Kier alpha value is -1.83. The molecule has 0 amide bonds. The molecule has 1 aromatic heterocycles. The van der Waals surface area contributed by atoms with Gasteiger partial charge < -0.3 is 13.9 Å². The van der Waals surface area contributed by atoms with Gasteiger partial charge in [0.05, 0.1) is 26.5 Å². The van der Waals surface area contributed by atoms with Crippen LogP contribution in [0, 0.1) is 0 Å². The summed E-state index contributed by atoms with van der Waals surface area (Å²) in [6.45, 7) is 0.642. The zero-order valence-corrected chi connectivity index (χ0v) is 13.4. The number of nitrogens with zero attached hydrogens (tertiary/aromatic N) is 1. The van der Waals surface area contributed by atoms with Gasteiger partial charge in [0, 0.05) is 13.7 Å². The highest BCUT2D eigenvalue weighted by molar-refractivity contribution is 7.89. The minimum Gasteiger partial charge on any atom is -0.495 e. The van der Waals surface area contributed by atoms with Crippen LogP contribution in [0.5, 0.6) is 5.75 Å². The quantitative estimate of drug-likeness (QED) is 0.743. The Kier molecular flexibility index (Phi) is 5.59. The lowest BCUT2D eigenvalue weighted by molar-refractivity contribution is 0.175. The first kappa shape index (κ1) is 16.5. The molecule has 1 heterocycles. The van der Waals surface area contributed by atoms with Crippen LogP contribution in [0.15, 0.2) is 52.0 Å². The fourth-order valence-electron chi connectivity index (χ4n) is 2.02. The van der Waals surface area contributed by atoms with E-state index in [-0.39, 0.29) is 24.6 Å². The van der Waals surface area contributed by atoms with Crippen molar-refractivity contribution in [3.63, 3.8) is 0 Å². The SMILES string of the molecule is COCCN(Cc1ccco1)S(=O)(=O)c1ccccc1OC. The number of benzene rings is 1. The molecule has 2 aromatic rings. The zero-order valence-electron chi connectivity index (χ0n) is 12.6. The molecule has 0 bridgehead atoms. The van der Waals surface area contributed by atoms with Crippen LogP contribution in [0.3, 0.4) is 0 Å². The Morgan fingerprint density at radius 2 is 1.91 bits per heavy atom. The second-order valence-electron chi connectivity index (χ2n) is 4.56. The van der Waals surface area contributed by atoms with E-state index >= 15 is 0 Å². The van der Waals surface area contributed by atoms with Crippen LogP contribution in [0.2, 0.25) is 0 Å². The number of rotatable bonds is 8. The van der Waals surface area contributed by atoms with Crippen LogP contribution >= 0.6 is 0 Å². The molecule has 0 radical (unpaired) electrons. The van der Waals surface area contributed by atoms with E-state index in [0.29, 0.717) is 11.5 Å². The molecule has 1 aromatic carbocycles.